The van der Waals surface area contributed by atoms with Crippen LogP contribution in [0.25, 0.3) is 0 Å². The average Bonchev–Trinajstić information content (AvgIpc) is 2.86. The highest BCUT2D eigenvalue weighted by atomic mass is 15.4. The molecular weight excluding hydrogens is 268 g/mol. The van der Waals surface area contributed by atoms with Gasteiger partial charge in [-0.1, -0.05) is 76.8 Å². The van der Waals surface area contributed by atoms with E-state index in [0.29, 0.717) is 0 Å². The zero-order chi connectivity index (χ0) is 15.6. The molecule has 0 N–H and O–H groups in total. The van der Waals surface area contributed by atoms with Crippen LogP contribution in [0.3, 0.4) is 0 Å². The van der Waals surface area contributed by atoms with Gasteiger partial charge in [-0.05, 0) is 18.6 Å². The average molecular weight is 303 g/mol. The first-order valence-electron chi connectivity index (χ1n) is 9.38. The smallest absolute Gasteiger partial charge is 0.0901 e. The van der Waals surface area contributed by atoms with E-state index in [4.69, 9.17) is 0 Å². The Hall–Kier alpha value is -1.18. The molecule has 0 unspecified atom stereocenters. The van der Waals surface area contributed by atoms with Gasteiger partial charge in [0.15, 0.2) is 0 Å². The number of fused-ring (bicyclic) bond motifs is 1. The van der Waals surface area contributed by atoms with Gasteiger partial charge in [0, 0.05) is 13.6 Å². The van der Waals surface area contributed by atoms with Crippen molar-refractivity contribution in [2.45, 2.75) is 71.1 Å². The third kappa shape index (κ3) is 5.23. The summed E-state index contributed by atoms with van der Waals surface area (Å²) >= 11 is 0. The van der Waals surface area contributed by atoms with Crippen LogP contribution in [-0.4, -0.2) is 20.3 Å². The zero-order valence-electron chi connectivity index (χ0n) is 14.7. The fourth-order valence-electron chi connectivity index (χ4n) is 3.44. The van der Waals surface area contributed by atoms with Gasteiger partial charge in [-0.3, -0.25) is 0 Å². The molecule has 124 valence electrons. The number of para-hydroxylation sites is 2. The molecule has 1 aromatic rings. The van der Waals surface area contributed by atoms with Crippen LogP contribution < -0.4 is 9.80 Å². The van der Waals surface area contributed by atoms with Gasteiger partial charge >= 0.3 is 0 Å². The Morgan fingerprint density at radius 3 is 1.95 bits per heavy atom. The van der Waals surface area contributed by atoms with E-state index < -0.39 is 0 Å². The number of hydrogen-bond donors (Lipinski definition) is 0. The summed E-state index contributed by atoms with van der Waals surface area (Å²) < 4.78 is 0. The Bertz CT molecular complexity index is 416. The number of unbranched alkanes of at least 4 members (excludes halogenated alkanes) is 9. The molecule has 2 nitrogen and oxygen atoms in total. The summed E-state index contributed by atoms with van der Waals surface area (Å²) in [7, 11) is 2.19. The Kier molecular flexibility index (Phi) is 7.62. The summed E-state index contributed by atoms with van der Waals surface area (Å²) in [5.74, 6) is 0. The van der Waals surface area contributed by atoms with Crippen molar-refractivity contribution in [3.8, 4) is 0 Å². The molecule has 1 aliphatic heterocycles. The Labute approximate surface area is 137 Å². The topological polar surface area (TPSA) is 6.48 Å². The van der Waals surface area contributed by atoms with Crippen LogP contribution in [0.15, 0.2) is 24.3 Å². The van der Waals surface area contributed by atoms with E-state index in [1.54, 1.807) is 0 Å². The lowest BCUT2D eigenvalue weighted by Crippen LogP contribution is -2.28. The van der Waals surface area contributed by atoms with Crippen LogP contribution >= 0.6 is 0 Å². The van der Waals surface area contributed by atoms with E-state index in [1.807, 2.05) is 0 Å². The SMILES string of the molecule is CCCCCCCCCCCCN1CN(C)c2ccccc21. The van der Waals surface area contributed by atoms with Gasteiger partial charge in [0.25, 0.3) is 0 Å². The van der Waals surface area contributed by atoms with Gasteiger partial charge in [-0.15, -0.1) is 0 Å². The fraction of sp³-hybridized carbons (Fsp3) is 0.700. The normalized spacial score (nSPS) is 13.7. The molecule has 0 spiro atoms. The van der Waals surface area contributed by atoms with E-state index in [2.05, 4.69) is 48.0 Å². The molecule has 0 atom stereocenters. The van der Waals surface area contributed by atoms with Crippen LogP contribution in [0.2, 0.25) is 0 Å². The van der Waals surface area contributed by atoms with E-state index in [-0.39, 0.29) is 0 Å². The summed E-state index contributed by atoms with van der Waals surface area (Å²) in [5, 5.41) is 0. The van der Waals surface area contributed by atoms with Crippen LogP contribution in [0.1, 0.15) is 71.1 Å². The summed E-state index contributed by atoms with van der Waals surface area (Å²) in [6, 6.07) is 8.78. The Balaban J connectivity index is 1.51. The van der Waals surface area contributed by atoms with Crippen LogP contribution in [-0.2, 0) is 0 Å². The van der Waals surface area contributed by atoms with Crippen molar-refractivity contribution >= 4 is 11.4 Å². The first-order valence-corrected chi connectivity index (χ1v) is 9.38. The molecule has 0 amide bonds. The van der Waals surface area contributed by atoms with Gasteiger partial charge < -0.3 is 9.80 Å². The van der Waals surface area contributed by atoms with Gasteiger partial charge in [0.1, 0.15) is 0 Å². The first kappa shape index (κ1) is 17.2. The van der Waals surface area contributed by atoms with Crippen molar-refractivity contribution in [3.63, 3.8) is 0 Å². The molecule has 0 aliphatic carbocycles. The Morgan fingerprint density at radius 1 is 0.773 bits per heavy atom. The molecule has 1 heterocycles. The van der Waals surface area contributed by atoms with E-state index in [9.17, 15) is 0 Å². The van der Waals surface area contributed by atoms with E-state index in [1.165, 1.54) is 82.1 Å². The maximum absolute atomic E-state index is 2.53. The van der Waals surface area contributed by atoms with Crippen LogP contribution in [0.5, 0.6) is 0 Å². The number of hydrogen-bond acceptors (Lipinski definition) is 2. The maximum Gasteiger partial charge on any atom is 0.0901 e. The molecule has 1 aliphatic rings. The molecule has 2 rings (SSSR count). The summed E-state index contributed by atoms with van der Waals surface area (Å²) in [6.45, 7) is 4.55. The largest absolute Gasteiger partial charge is 0.355 e. The number of anilines is 2. The molecule has 22 heavy (non-hydrogen) atoms. The summed E-state index contributed by atoms with van der Waals surface area (Å²) in [4.78, 5) is 4.88. The van der Waals surface area contributed by atoms with Gasteiger partial charge in [0.05, 0.1) is 18.0 Å². The van der Waals surface area contributed by atoms with Crippen molar-refractivity contribution in [3.05, 3.63) is 24.3 Å². The van der Waals surface area contributed by atoms with Gasteiger partial charge in [0.2, 0.25) is 0 Å². The minimum absolute atomic E-state index is 1.05. The van der Waals surface area contributed by atoms with Crippen molar-refractivity contribution in [2.24, 2.45) is 0 Å². The number of nitrogens with zero attached hydrogens (tertiary/aromatic N) is 2. The van der Waals surface area contributed by atoms with Gasteiger partial charge in [-0.2, -0.15) is 0 Å². The molecule has 0 aromatic heterocycles. The molecule has 1 aromatic carbocycles. The number of benzene rings is 1. The predicted molar refractivity (Wildman–Crippen MR) is 98.9 cm³/mol. The molecule has 0 saturated carbocycles. The lowest BCUT2D eigenvalue weighted by molar-refractivity contribution is 0.555. The highest BCUT2D eigenvalue weighted by molar-refractivity contribution is 5.75. The molecule has 0 saturated heterocycles. The van der Waals surface area contributed by atoms with E-state index in [0.717, 1.165) is 6.67 Å². The lowest BCUT2D eigenvalue weighted by Gasteiger charge is -2.19. The highest BCUT2D eigenvalue weighted by Gasteiger charge is 2.21. The van der Waals surface area contributed by atoms with Crippen molar-refractivity contribution in [2.75, 3.05) is 30.1 Å². The lowest BCUT2D eigenvalue weighted by atomic mass is 10.1. The van der Waals surface area contributed by atoms with E-state index >= 15 is 0 Å². The molecular formula is C20H34N2. The van der Waals surface area contributed by atoms with Crippen molar-refractivity contribution in [1.82, 2.24) is 0 Å². The van der Waals surface area contributed by atoms with Gasteiger partial charge in [-0.25, -0.2) is 0 Å². The monoisotopic (exact) mass is 302 g/mol. The summed E-state index contributed by atoms with van der Waals surface area (Å²) in [6.07, 6.45) is 14.1. The fourth-order valence-corrected chi connectivity index (χ4v) is 3.44. The second-order valence-electron chi connectivity index (χ2n) is 6.77. The molecule has 0 bridgehead atoms. The van der Waals surface area contributed by atoms with Crippen LogP contribution in [0, 0.1) is 0 Å². The molecule has 2 heteroatoms. The highest BCUT2D eigenvalue weighted by Crippen LogP contribution is 2.34. The van der Waals surface area contributed by atoms with Crippen molar-refractivity contribution in [1.29, 1.82) is 0 Å². The quantitative estimate of drug-likeness (QED) is 0.475. The molecule has 0 radical (unpaired) electrons. The standard InChI is InChI=1S/C20H34N2/c1-3-4-5-6-7-8-9-10-11-14-17-22-18-21(2)19-15-12-13-16-20(19)22/h12-13,15-16H,3-11,14,17-18H2,1-2H3. The summed E-state index contributed by atoms with van der Waals surface area (Å²) in [5.41, 5.74) is 2.80. The third-order valence-electron chi connectivity index (χ3n) is 4.80. The second kappa shape index (κ2) is 9.76. The first-order chi connectivity index (χ1) is 10.8. The third-order valence-corrected chi connectivity index (χ3v) is 4.80. The minimum Gasteiger partial charge on any atom is -0.355 e. The maximum atomic E-state index is 2.53. The minimum atomic E-state index is 1.05. The molecule has 0 fully saturated rings. The predicted octanol–water partition coefficient (Wildman–Crippen LogP) is 5.82. The number of rotatable bonds is 11. The van der Waals surface area contributed by atoms with Crippen molar-refractivity contribution < 1.29 is 0 Å². The zero-order valence-corrected chi connectivity index (χ0v) is 14.7. The second-order valence-corrected chi connectivity index (χ2v) is 6.77. The van der Waals surface area contributed by atoms with Crippen LogP contribution in [0.4, 0.5) is 11.4 Å². The Morgan fingerprint density at radius 2 is 1.32 bits per heavy atom.